The molecule has 0 bridgehead atoms. The summed E-state index contributed by atoms with van der Waals surface area (Å²) in [6.45, 7) is 3.21. The summed E-state index contributed by atoms with van der Waals surface area (Å²) in [5.74, 6) is -4.81. The van der Waals surface area contributed by atoms with Crippen LogP contribution in [0.3, 0.4) is 0 Å². The van der Waals surface area contributed by atoms with Crippen LogP contribution in [0.4, 0.5) is 13.2 Å². The third-order valence-corrected chi connectivity index (χ3v) is 2.01. The summed E-state index contributed by atoms with van der Waals surface area (Å²) >= 11 is 0. The van der Waals surface area contributed by atoms with Gasteiger partial charge in [-0.3, -0.25) is 9.59 Å². The van der Waals surface area contributed by atoms with Crippen molar-refractivity contribution in [1.82, 2.24) is 0 Å². The Balaban J connectivity index is 4.66. The Kier molecular flexibility index (Phi) is 6.06. The van der Waals surface area contributed by atoms with Crippen molar-refractivity contribution in [2.75, 3.05) is 6.61 Å². The van der Waals surface area contributed by atoms with Crippen LogP contribution < -0.4 is 0 Å². The fourth-order valence-corrected chi connectivity index (χ4v) is 1.20. The number of ether oxygens (including phenoxy) is 1. The van der Waals surface area contributed by atoms with Crippen LogP contribution in [0.1, 0.15) is 33.1 Å². The molecule has 0 saturated heterocycles. The highest BCUT2D eigenvalue weighted by Gasteiger charge is 2.46. The van der Waals surface area contributed by atoms with Gasteiger partial charge in [-0.15, -0.1) is 0 Å². The number of hydrogen-bond acceptors (Lipinski definition) is 3. The molecule has 0 aliphatic rings. The van der Waals surface area contributed by atoms with Crippen molar-refractivity contribution in [1.29, 1.82) is 0 Å². The van der Waals surface area contributed by atoms with Gasteiger partial charge in [-0.05, 0) is 13.3 Å². The number of unbranched alkanes of at least 4 members (excludes halogenated alkanes) is 1. The zero-order valence-corrected chi connectivity index (χ0v) is 9.26. The van der Waals surface area contributed by atoms with Gasteiger partial charge in [0.05, 0.1) is 6.61 Å². The predicted molar refractivity (Wildman–Crippen MR) is 50.7 cm³/mol. The molecule has 0 spiro atoms. The summed E-state index contributed by atoms with van der Waals surface area (Å²) in [5, 5.41) is 0. The summed E-state index contributed by atoms with van der Waals surface area (Å²) in [5.41, 5.74) is 0. The lowest BCUT2D eigenvalue weighted by Crippen LogP contribution is -2.36. The van der Waals surface area contributed by atoms with E-state index in [1.54, 1.807) is 6.92 Å². The quantitative estimate of drug-likeness (QED) is 0.529. The fourth-order valence-electron chi connectivity index (χ4n) is 1.20. The molecule has 0 fully saturated rings. The molecule has 1 atom stereocenters. The van der Waals surface area contributed by atoms with Gasteiger partial charge in [0.25, 0.3) is 0 Å². The first-order valence-corrected chi connectivity index (χ1v) is 5.12. The molecule has 16 heavy (non-hydrogen) atoms. The van der Waals surface area contributed by atoms with E-state index in [0.717, 1.165) is 0 Å². The zero-order chi connectivity index (χ0) is 12.8. The Hall–Kier alpha value is -1.07. The summed E-state index contributed by atoms with van der Waals surface area (Å²) in [7, 11) is 0. The second-order valence-electron chi connectivity index (χ2n) is 3.31. The minimum Gasteiger partial charge on any atom is -0.465 e. The van der Waals surface area contributed by atoms with Gasteiger partial charge in [-0.2, -0.15) is 13.2 Å². The largest absolute Gasteiger partial charge is 0.465 e. The number of rotatable bonds is 6. The first-order valence-electron chi connectivity index (χ1n) is 5.12. The molecule has 1 unspecified atom stereocenters. The maximum Gasteiger partial charge on any atom is 0.450 e. The number of carbonyl (C=O) groups excluding carboxylic acids is 2. The number of alkyl halides is 3. The maximum absolute atomic E-state index is 12.2. The molecule has 3 nitrogen and oxygen atoms in total. The molecule has 0 heterocycles. The average molecular weight is 240 g/mol. The van der Waals surface area contributed by atoms with E-state index in [-0.39, 0.29) is 13.0 Å². The molecule has 0 radical (unpaired) electrons. The Morgan fingerprint density at radius 3 is 2.19 bits per heavy atom. The number of halogens is 3. The van der Waals surface area contributed by atoms with Crippen LogP contribution in [0.5, 0.6) is 0 Å². The fraction of sp³-hybridized carbons (Fsp3) is 0.800. The monoisotopic (exact) mass is 240 g/mol. The second kappa shape index (κ2) is 6.50. The minimum absolute atomic E-state index is 0.0351. The highest BCUT2D eigenvalue weighted by molar-refractivity contribution is 6.01. The number of Topliss-reactive ketones (excluding diaryl/α,β-unsaturated/α-hetero) is 1. The van der Waals surface area contributed by atoms with Gasteiger partial charge in [0.15, 0.2) is 0 Å². The van der Waals surface area contributed by atoms with Crippen molar-refractivity contribution in [3.63, 3.8) is 0 Å². The van der Waals surface area contributed by atoms with Crippen LogP contribution in [0.2, 0.25) is 0 Å². The summed E-state index contributed by atoms with van der Waals surface area (Å²) < 4.78 is 41.0. The SMILES string of the molecule is CCCCC(C(=O)OCC)C(=O)C(F)(F)F. The third kappa shape index (κ3) is 4.63. The lowest BCUT2D eigenvalue weighted by atomic mass is 9.97. The van der Waals surface area contributed by atoms with E-state index in [1.165, 1.54) is 6.92 Å². The molecule has 0 saturated carbocycles. The Labute approximate surface area is 92.0 Å². The lowest BCUT2D eigenvalue weighted by Gasteiger charge is -2.15. The first kappa shape index (κ1) is 14.9. The molecule has 0 aromatic carbocycles. The van der Waals surface area contributed by atoms with Crippen molar-refractivity contribution < 1.29 is 27.5 Å². The molecule has 0 aliphatic heterocycles. The summed E-state index contributed by atoms with van der Waals surface area (Å²) in [6.07, 6.45) is -4.11. The Morgan fingerprint density at radius 2 is 1.81 bits per heavy atom. The molecule has 6 heteroatoms. The average Bonchev–Trinajstić information content (AvgIpc) is 2.17. The molecule has 0 aliphatic carbocycles. The van der Waals surface area contributed by atoms with Gasteiger partial charge in [-0.25, -0.2) is 0 Å². The van der Waals surface area contributed by atoms with E-state index in [9.17, 15) is 22.8 Å². The van der Waals surface area contributed by atoms with Crippen molar-refractivity contribution in [3.05, 3.63) is 0 Å². The van der Waals surface area contributed by atoms with Crippen LogP contribution in [-0.2, 0) is 14.3 Å². The zero-order valence-electron chi connectivity index (χ0n) is 9.26. The second-order valence-corrected chi connectivity index (χ2v) is 3.31. The molecule has 0 N–H and O–H groups in total. The highest BCUT2D eigenvalue weighted by atomic mass is 19.4. The highest BCUT2D eigenvalue weighted by Crippen LogP contribution is 2.25. The smallest absolute Gasteiger partial charge is 0.450 e. The van der Waals surface area contributed by atoms with E-state index in [4.69, 9.17) is 0 Å². The predicted octanol–water partition coefficient (Wildman–Crippen LogP) is 2.49. The topological polar surface area (TPSA) is 43.4 Å². The van der Waals surface area contributed by atoms with Gasteiger partial charge in [0.1, 0.15) is 5.92 Å². The Bertz CT molecular complexity index is 248. The Morgan fingerprint density at radius 1 is 1.25 bits per heavy atom. The van der Waals surface area contributed by atoms with E-state index in [2.05, 4.69) is 4.74 Å². The van der Waals surface area contributed by atoms with E-state index < -0.39 is 23.8 Å². The number of ketones is 1. The van der Waals surface area contributed by atoms with Gasteiger partial charge < -0.3 is 4.74 Å². The summed E-state index contributed by atoms with van der Waals surface area (Å²) in [6, 6.07) is 0. The molecule has 0 aromatic rings. The maximum atomic E-state index is 12.2. The minimum atomic E-state index is -4.98. The van der Waals surface area contributed by atoms with Crippen LogP contribution in [0.15, 0.2) is 0 Å². The molecular formula is C10H15F3O3. The van der Waals surface area contributed by atoms with Gasteiger partial charge in [0.2, 0.25) is 5.78 Å². The summed E-state index contributed by atoms with van der Waals surface area (Å²) in [4.78, 5) is 22.2. The lowest BCUT2D eigenvalue weighted by molar-refractivity contribution is -0.181. The van der Waals surface area contributed by atoms with Crippen molar-refractivity contribution in [2.45, 2.75) is 39.3 Å². The van der Waals surface area contributed by atoms with Gasteiger partial charge >= 0.3 is 12.1 Å². The van der Waals surface area contributed by atoms with Crippen LogP contribution in [0.25, 0.3) is 0 Å². The normalized spacial score (nSPS) is 13.3. The van der Waals surface area contributed by atoms with E-state index >= 15 is 0 Å². The van der Waals surface area contributed by atoms with Crippen molar-refractivity contribution in [3.8, 4) is 0 Å². The molecule has 94 valence electrons. The van der Waals surface area contributed by atoms with Gasteiger partial charge in [-0.1, -0.05) is 19.8 Å². The van der Waals surface area contributed by atoms with Crippen molar-refractivity contribution in [2.24, 2.45) is 5.92 Å². The first-order chi connectivity index (χ1) is 7.34. The van der Waals surface area contributed by atoms with E-state index in [0.29, 0.717) is 12.8 Å². The molecule has 0 amide bonds. The van der Waals surface area contributed by atoms with Crippen LogP contribution in [0, 0.1) is 5.92 Å². The standard InChI is InChI=1S/C10H15F3O3/c1-3-5-6-7(9(15)16-4-2)8(14)10(11,12)13/h7H,3-6H2,1-2H3. The molecule has 0 rings (SSSR count). The number of carbonyl (C=O) groups is 2. The van der Waals surface area contributed by atoms with Crippen molar-refractivity contribution >= 4 is 11.8 Å². The number of esters is 1. The molecule has 0 aromatic heterocycles. The molecular weight excluding hydrogens is 225 g/mol. The van der Waals surface area contributed by atoms with Gasteiger partial charge in [0, 0.05) is 0 Å². The van der Waals surface area contributed by atoms with E-state index in [1.807, 2.05) is 0 Å². The third-order valence-electron chi connectivity index (χ3n) is 2.01. The number of hydrogen-bond donors (Lipinski definition) is 0. The van der Waals surface area contributed by atoms with Crippen LogP contribution in [-0.4, -0.2) is 24.5 Å². The van der Waals surface area contributed by atoms with Crippen LogP contribution >= 0.6 is 0 Å².